The Kier molecular flexibility index (Phi) is 4.30. The van der Waals surface area contributed by atoms with E-state index in [1.807, 2.05) is 20.8 Å². The molecule has 3 N–H and O–H groups in total. The largest absolute Gasteiger partial charge is 0.480 e. The minimum atomic E-state index is -1.75. The van der Waals surface area contributed by atoms with Crippen LogP contribution in [0.1, 0.15) is 26.5 Å². The molecule has 1 rings (SSSR count). The summed E-state index contributed by atoms with van der Waals surface area (Å²) in [5.74, 6) is -1.24. The molecule has 102 valence electrons. The van der Waals surface area contributed by atoms with Crippen LogP contribution in [0.15, 0.2) is 12.5 Å². The van der Waals surface area contributed by atoms with E-state index in [1.165, 1.54) is 6.33 Å². The Labute approximate surface area is 116 Å². The van der Waals surface area contributed by atoms with Gasteiger partial charge in [0.2, 0.25) is 0 Å². The molecule has 0 amide bonds. The molecule has 1 aromatic rings. The lowest BCUT2D eigenvalue weighted by atomic mass is 9.92. The number of halogens is 2. The number of nitrogens with zero attached hydrogens (tertiary/aromatic N) is 2. The second-order valence-electron chi connectivity index (χ2n) is 5.30. The zero-order chi connectivity index (χ0) is 14.1. The van der Waals surface area contributed by atoms with Gasteiger partial charge in [-0.15, -0.1) is 23.2 Å². The quantitative estimate of drug-likeness (QED) is 0.829. The minimum Gasteiger partial charge on any atom is -0.480 e. The highest BCUT2D eigenvalue weighted by Crippen LogP contribution is 2.26. The molecule has 0 aliphatic heterocycles. The monoisotopic (exact) mass is 293 g/mol. The lowest BCUT2D eigenvalue weighted by molar-refractivity contribution is -0.143. The van der Waals surface area contributed by atoms with Crippen molar-refractivity contribution in [3.63, 3.8) is 0 Å². The Morgan fingerprint density at radius 2 is 2.11 bits per heavy atom. The van der Waals surface area contributed by atoms with Gasteiger partial charge in [-0.25, -0.2) is 4.98 Å². The number of hydrogen-bond donors (Lipinski definition) is 2. The average molecular weight is 294 g/mol. The van der Waals surface area contributed by atoms with E-state index >= 15 is 0 Å². The van der Waals surface area contributed by atoms with Gasteiger partial charge in [0.25, 0.3) is 0 Å². The fourth-order valence-corrected chi connectivity index (χ4v) is 1.91. The summed E-state index contributed by atoms with van der Waals surface area (Å²) in [5, 5.41) is 9.17. The first kappa shape index (κ1) is 15.3. The Balaban J connectivity index is 3.11. The van der Waals surface area contributed by atoms with Crippen LogP contribution in [-0.4, -0.2) is 31.0 Å². The summed E-state index contributed by atoms with van der Waals surface area (Å²) in [6.45, 7) is 5.96. The highest BCUT2D eigenvalue weighted by atomic mass is 35.5. The number of nitrogens with two attached hydrogens (primary N) is 1. The van der Waals surface area contributed by atoms with Gasteiger partial charge in [0.1, 0.15) is 4.84 Å². The summed E-state index contributed by atoms with van der Waals surface area (Å²) >= 11 is 11.4. The van der Waals surface area contributed by atoms with Gasteiger partial charge in [-0.1, -0.05) is 20.8 Å². The SMILES string of the molecule is CC(C)(C)c1cncn1CC(N)(C(=O)O)C(Cl)Cl. The maximum atomic E-state index is 11.2. The van der Waals surface area contributed by atoms with Crippen molar-refractivity contribution in [2.45, 2.75) is 43.1 Å². The second-order valence-corrected chi connectivity index (χ2v) is 6.40. The maximum absolute atomic E-state index is 11.2. The van der Waals surface area contributed by atoms with E-state index in [0.29, 0.717) is 0 Å². The second kappa shape index (κ2) is 5.07. The fraction of sp³-hybridized carbons (Fsp3) is 0.636. The molecular weight excluding hydrogens is 277 g/mol. The number of aromatic nitrogens is 2. The summed E-state index contributed by atoms with van der Waals surface area (Å²) in [5.41, 5.74) is 4.72. The van der Waals surface area contributed by atoms with Gasteiger partial charge in [-0.3, -0.25) is 4.79 Å². The smallest absolute Gasteiger partial charge is 0.328 e. The maximum Gasteiger partial charge on any atom is 0.328 e. The van der Waals surface area contributed by atoms with Gasteiger partial charge in [0, 0.05) is 17.3 Å². The molecule has 7 heteroatoms. The first-order valence-corrected chi connectivity index (χ1v) is 6.27. The average Bonchev–Trinajstić information content (AvgIpc) is 2.64. The van der Waals surface area contributed by atoms with Gasteiger partial charge in [-0.2, -0.15) is 0 Å². The van der Waals surface area contributed by atoms with Crippen molar-refractivity contribution in [3.8, 4) is 0 Å². The van der Waals surface area contributed by atoms with Crippen LogP contribution in [0.4, 0.5) is 0 Å². The van der Waals surface area contributed by atoms with Crippen molar-refractivity contribution in [3.05, 3.63) is 18.2 Å². The van der Waals surface area contributed by atoms with Crippen LogP contribution in [0.5, 0.6) is 0 Å². The van der Waals surface area contributed by atoms with Gasteiger partial charge < -0.3 is 15.4 Å². The molecule has 1 unspecified atom stereocenters. The molecule has 0 aliphatic carbocycles. The molecular formula is C11H17Cl2N3O2. The molecule has 18 heavy (non-hydrogen) atoms. The lowest BCUT2D eigenvalue weighted by Gasteiger charge is -2.29. The van der Waals surface area contributed by atoms with Crippen LogP contribution in [-0.2, 0) is 16.8 Å². The van der Waals surface area contributed by atoms with Crippen molar-refractivity contribution >= 4 is 29.2 Å². The van der Waals surface area contributed by atoms with E-state index in [-0.39, 0.29) is 12.0 Å². The lowest BCUT2D eigenvalue weighted by Crippen LogP contribution is -2.56. The zero-order valence-corrected chi connectivity index (χ0v) is 12.0. The Hall–Kier alpha value is -0.780. The third-order valence-corrected chi connectivity index (χ3v) is 3.48. The van der Waals surface area contributed by atoms with Crippen molar-refractivity contribution in [2.24, 2.45) is 5.73 Å². The van der Waals surface area contributed by atoms with Crippen molar-refractivity contribution in [1.29, 1.82) is 0 Å². The third-order valence-electron chi connectivity index (χ3n) is 2.70. The molecule has 0 spiro atoms. The number of imidazole rings is 1. The van der Waals surface area contributed by atoms with Crippen LogP contribution in [0, 0.1) is 0 Å². The van der Waals surface area contributed by atoms with E-state index in [9.17, 15) is 4.79 Å². The highest BCUT2D eigenvalue weighted by molar-refractivity contribution is 6.46. The minimum absolute atomic E-state index is 0.0351. The summed E-state index contributed by atoms with van der Waals surface area (Å²) < 4.78 is 1.67. The molecule has 0 aromatic carbocycles. The molecule has 1 atom stereocenters. The van der Waals surface area contributed by atoms with Crippen molar-refractivity contribution < 1.29 is 9.90 Å². The van der Waals surface area contributed by atoms with E-state index < -0.39 is 16.3 Å². The Morgan fingerprint density at radius 1 is 1.56 bits per heavy atom. The highest BCUT2D eigenvalue weighted by Gasteiger charge is 2.42. The first-order valence-electron chi connectivity index (χ1n) is 5.40. The number of alkyl halides is 2. The van der Waals surface area contributed by atoms with Crippen molar-refractivity contribution in [2.75, 3.05) is 0 Å². The van der Waals surface area contributed by atoms with E-state index in [2.05, 4.69) is 4.98 Å². The molecule has 1 heterocycles. The third kappa shape index (κ3) is 2.96. The summed E-state index contributed by atoms with van der Waals surface area (Å²) in [6.07, 6.45) is 3.21. The molecule has 1 aromatic heterocycles. The van der Waals surface area contributed by atoms with Crippen LogP contribution in [0.3, 0.4) is 0 Å². The summed E-state index contributed by atoms with van der Waals surface area (Å²) in [6, 6.07) is 0. The van der Waals surface area contributed by atoms with Crippen molar-refractivity contribution in [1.82, 2.24) is 9.55 Å². The molecule has 5 nitrogen and oxygen atoms in total. The number of hydrogen-bond acceptors (Lipinski definition) is 3. The normalized spacial score (nSPS) is 15.7. The van der Waals surface area contributed by atoms with E-state index in [0.717, 1.165) is 5.69 Å². The van der Waals surface area contributed by atoms with Gasteiger partial charge >= 0.3 is 5.97 Å². The molecule has 0 aliphatic rings. The number of carbonyl (C=O) groups is 1. The fourth-order valence-electron chi connectivity index (χ4n) is 1.58. The van der Waals surface area contributed by atoms with Gasteiger partial charge in [0.05, 0.1) is 12.9 Å². The summed E-state index contributed by atoms with van der Waals surface area (Å²) in [7, 11) is 0. The molecule has 0 radical (unpaired) electrons. The zero-order valence-electron chi connectivity index (χ0n) is 10.5. The van der Waals surface area contributed by atoms with Crippen LogP contribution in [0.2, 0.25) is 0 Å². The van der Waals surface area contributed by atoms with Crippen LogP contribution >= 0.6 is 23.2 Å². The predicted octanol–water partition coefficient (Wildman–Crippen LogP) is 1.77. The van der Waals surface area contributed by atoms with Crippen LogP contribution < -0.4 is 5.73 Å². The number of carboxylic acid groups (broad SMARTS) is 1. The van der Waals surface area contributed by atoms with Crippen LogP contribution in [0.25, 0.3) is 0 Å². The molecule has 0 saturated carbocycles. The predicted molar refractivity (Wildman–Crippen MR) is 71.0 cm³/mol. The standard InChI is InChI=1S/C11H17Cl2N3O2/c1-10(2,3)7-4-15-6-16(7)5-11(14,8(12)13)9(17)18/h4,6,8H,5,14H2,1-3H3,(H,17,18). The number of aliphatic carboxylic acids is 1. The Morgan fingerprint density at radius 3 is 2.50 bits per heavy atom. The number of carboxylic acids is 1. The molecule has 0 bridgehead atoms. The number of rotatable bonds is 4. The molecule has 0 fully saturated rings. The van der Waals surface area contributed by atoms with Gasteiger partial charge in [-0.05, 0) is 0 Å². The van der Waals surface area contributed by atoms with Gasteiger partial charge in [0.15, 0.2) is 5.54 Å². The molecule has 0 saturated heterocycles. The van der Waals surface area contributed by atoms with E-state index in [4.69, 9.17) is 34.0 Å². The topological polar surface area (TPSA) is 81.1 Å². The Bertz CT molecular complexity index is 440. The summed E-state index contributed by atoms with van der Waals surface area (Å²) in [4.78, 5) is 14.0. The van der Waals surface area contributed by atoms with E-state index in [1.54, 1.807) is 10.8 Å². The first-order chi connectivity index (χ1) is 8.09.